The zero-order valence-corrected chi connectivity index (χ0v) is 32.7. The van der Waals surface area contributed by atoms with E-state index in [1.54, 1.807) is 0 Å². The molecule has 0 aromatic heterocycles. The van der Waals surface area contributed by atoms with Crippen LogP contribution in [0.3, 0.4) is 0 Å². The Bertz CT molecular complexity index is 2320. The molecule has 4 aliphatic rings. The quantitative estimate of drug-likeness (QED) is 0.132. The van der Waals surface area contributed by atoms with Crippen molar-refractivity contribution in [3.8, 4) is 44.5 Å². The van der Waals surface area contributed by atoms with Crippen LogP contribution in [0.1, 0.15) is 64.5 Å². The molecule has 0 saturated heterocycles. The van der Waals surface area contributed by atoms with Crippen molar-refractivity contribution in [2.24, 2.45) is 0 Å². The fourth-order valence-electron chi connectivity index (χ4n) is 8.67. The summed E-state index contributed by atoms with van der Waals surface area (Å²) < 4.78 is 14.7. The van der Waals surface area contributed by atoms with E-state index in [1.165, 1.54) is 87.6 Å². The average Bonchev–Trinajstić information content (AvgIpc) is 3.59. The Labute approximate surface area is 316 Å². The molecule has 4 aromatic rings. The van der Waals surface area contributed by atoms with Crippen LogP contribution in [0.4, 0.5) is 0 Å². The minimum absolute atomic E-state index is 0.252. The third-order valence-corrected chi connectivity index (χ3v) is 14.7. The summed E-state index contributed by atoms with van der Waals surface area (Å²) in [6.07, 6.45) is 0. The van der Waals surface area contributed by atoms with E-state index in [-0.39, 0.29) is 11.8 Å². The molecular weight excluding hydrogens is 661 g/mol. The molecule has 0 fully saturated rings. The maximum atomic E-state index is 7.37. The molecule has 0 unspecified atom stereocenters. The summed E-state index contributed by atoms with van der Waals surface area (Å²) in [7, 11) is -3.41. The first-order valence-corrected chi connectivity index (χ1v) is 21.1. The zero-order valence-electron chi connectivity index (χ0n) is 31.7. The Hall–Kier alpha value is -5.06. The Morgan fingerprint density at radius 1 is 0.396 bits per heavy atom. The third-order valence-electron chi connectivity index (χ3n) is 10.9. The number of fused-ring (bicyclic) bond motifs is 4. The van der Waals surface area contributed by atoms with Crippen LogP contribution in [0.5, 0.6) is 0 Å². The highest BCUT2D eigenvalue weighted by atomic mass is 28.4. The Morgan fingerprint density at radius 3 is 1.13 bits per heavy atom. The molecule has 0 amide bonds. The van der Waals surface area contributed by atoms with Crippen LogP contribution in [-0.2, 0) is 8.85 Å². The van der Waals surface area contributed by atoms with Gasteiger partial charge in [0.25, 0.3) is 0 Å². The fourth-order valence-corrected chi connectivity index (χ4v) is 13.0. The van der Waals surface area contributed by atoms with E-state index in [0.29, 0.717) is 13.2 Å². The molecule has 0 N–H and O–H groups in total. The van der Waals surface area contributed by atoms with Crippen LogP contribution >= 0.6 is 0 Å². The lowest BCUT2D eigenvalue weighted by Crippen LogP contribution is -2.65. The summed E-state index contributed by atoms with van der Waals surface area (Å²) in [4.78, 5) is 0. The smallest absolute Gasteiger partial charge is 0.388 e. The molecular formula is C50H48O2Si. The summed E-state index contributed by atoms with van der Waals surface area (Å²) in [6.45, 7) is 14.6. The van der Waals surface area contributed by atoms with Gasteiger partial charge in [0.05, 0.1) is 0 Å². The maximum absolute atomic E-state index is 7.37. The van der Waals surface area contributed by atoms with Crippen LogP contribution in [0.25, 0.3) is 66.1 Å². The van der Waals surface area contributed by atoms with E-state index >= 15 is 0 Å². The lowest BCUT2D eigenvalue weighted by Gasteiger charge is -2.34. The van der Waals surface area contributed by atoms with Gasteiger partial charge in [0.2, 0.25) is 0 Å². The summed E-state index contributed by atoms with van der Waals surface area (Å²) >= 11 is 0. The molecule has 0 heterocycles. The monoisotopic (exact) mass is 708 g/mol. The second kappa shape index (κ2) is 14.4. The molecule has 0 atom stereocenters. The van der Waals surface area contributed by atoms with Crippen molar-refractivity contribution >= 4 is 40.5 Å². The molecule has 0 bridgehead atoms. The van der Waals surface area contributed by atoms with E-state index in [9.17, 15) is 0 Å². The van der Waals surface area contributed by atoms with Gasteiger partial charge < -0.3 is 8.85 Å². The summed E-state index contributed by atoms with van der Waals surface area (Å²) in [5, 5.41) is 7.49. The van der Waals surface area contributed by atoms with Crippen molar-refractivity contribution in [2.75, 3.05) is 13.2 Å². The van der Waals surface area contributed by atoms with Crippen molar-refractivity contribution in [1.82, 2.24) is 0 Å². The Morgan fingerprint density at radius 2 is 0.736 bits per heavy atom. The van der Waals surface area contributed by atoms with Gasteiger partial charge in [-0.15, -0.1) is 0 Å². The van der Waals surface area contributed by atoms with Gasteiger partial charge in [0, 0.05) is 23.6 Å². The van der Waals surface area contributed by atoms with Gasteiger partial charge in [0.15, 0.2) is 0 Å². The van der Waals surface area contributed by atoms with Crippen LogP contribution in [-0.4, -0.2) is 21.8 Å². The molecule has 2 nitrogen and oxygen atoms in total. The first kappa shape index (κ1) is 35.0. The molecule has 264 valence electrons. The molecule has 0 spiro atoms. The molecule has 53 heavy (non-hydrogen) atoms. The van der Waals surface area contributed by atoms with Gasteiger partial charge in [-0.25, -0.2) is 0 Å². The van der Waals surface area contributed by atoms with Crippen molar-refractivity contribution in [3.63, 3.8) is 0 Å². The molecule has 3 heteroatoms. The summed E-state index contributed by atoms with van der Waals surface area (Å²) in [5.41, 5.74) is 12.5. The number of benzene rings is 4. The van der Waals surface area contributed by atoms with Crippen LogP contribution in [0.15, 0.2) is 146 Å². The molecule has 0 aliphatic heterocycles. The van der Waals surface area contributed by atoms with Gasteiger partial charge >= 0.3 is 8.56 Å². The largest absolute Gasteiger partial charge is 0.408 e. The molecule has 4 aromatic carbocycles. The van der Waals surface area contributed by atoms with E-state index < -0.39 is 8.56 Å². The number of hydrogen-bond donors (Lipinski definition) is 0. The van der Waals surface area contributed by atoms with Gasteiger partial charge in [-0.1, -0.05) is 173 Å². The zero-order chi connectivity index (χ0) is 36.7. The topological polar surface area (TPSA) is 18.5 Å². The second-order valence-corrected chi connectivity index (χ2v) is 17.5. The molecule has 8 rings (SSSR count). The lowest BCUT2D eigenvalue weighted by molar-refractivity contribution is 0.208. The minimum atomic E-state index is -3.41. The minimum Gasteiger partial charge on any atom is -0.388 e. The third kappa shape index (κ3) is 5.88. The van der Waals surface area contributed by atoms with E-state index in [1.807, 2.05) is 0 Å². The van der Waals surface area contributed by atoms with Crippen molar-refractivity contribution in [2.45, 2.75) is 53.4 Å². The van der Waals surface area contributed by atoms with Crippen molar-refractivity contribution < 1.29 is 8.85 Å². The first-order valence-electron chi connectivity index (χ1n) is 19.2. The predicted molar refractivity (Wildman–Crippen MR) is 228 cm³/mol. The van der Waals surface area contributed by atoms with E-state index in [4.69, 9.17) is 8.85 Å². The maximum Gasteiger partial charge on any atom is 0.408 e. The molecule has 4 aliphatic carbocycles. The summed E-state index contributed by atoms with van der Waals surface area (Å²) in [6, 6.07) is 53.6. The molecule has 0 radical (unpaired) electrons. The fraction of sp³-hybridized carbons (Fsp3) is 0.200. The highest BCUT2D eigenvalue weighted by molar-refractivity contribution is 6.95. The van der Waals surface area contributed by atoms with Crippen LogP contribution in [0, 0.1) is 0 Å². The van der Waals surface area contributed by atoms with Gasteiger partial charge in [-0.2, -0.15) is 0 Å². The second-order valence-electron chi connectivity index (χ2n) is 14.7. The van der Waals surface area contributed by atoms with E-state index in [2.05, 4.69) is 187 Å². The highest BCUT2D eigenvalue weighted by Gasteiger charge is 2.51. The Balaban J connectivity index is 1.45. The standard InChI is InChI=1S/C50H48O2Si/c1-7-51-53(52-8-2,49-43-27-15-13-25-41(47(43)31-45(49)33(3)4)39-29-17-21-35-19-9-11-23-37(35)39)50-44-28-16-14-26-42(48(44)32-46(50)34(5)6)40-30-18-22-36-20-10-12-24-38(36)40/h9-34H,7-8H2,1-6H3. The van der Waals surface area contributed by atoms with Crippen LogP contribution in [0.2, 0.25) is 0 Å². The molecule has 0 saturated carbocycles. The highest BCUT2D eigenvalue weighted by Crippen LogP contribution is 2.44. The van der Waals surface area contributed by atoms with Gasteiger partial charge in [-0.3, -0.25) is 0 Å². The Kier molecular flexibility index (Phi) is 9.51. The van der Waals surface area contributed by atoms with E-state index in [0.717, 1.165) is 0 Å². The number of rotatable bonds is 10. The SMILES string of the molecule is CCO[Si](OCC)(c1c2ccccc(-c3cccc4ccccc34)c-2cc1C(C)C)c1c2ccccc(-c3cccc4ccccc34)c-2cc1C(C)C. The first-order chi connectivity index (χ1) is 25.9. The average molecular weight is 709 g/mol. The summed E-state index contributed by atoms with van der Waals surface area (Å²) in [5.74, 6) is 0.504. The lowest BCUT2D eigenvalue weighted by atomic mass is 9.95. The van der Waals surface area contributed by atoms with Gasteiger partial charge in [-0.05, 0) is 103 Å². The van der Waals surface area contributed by atoms with Gasteiger partial charge in [0.1, 0.15) is 0 Å². The predicted octanol–water partition coefficient (Wildman–Crippen LogP) is 12.4. The number of hydrogen-bond acceptors (Lipinski definition) is 2. The van der Waals surface area contributed by atoms with Crippen molar-refractivity contribution in [3.05, 3.63) is 157 Å². The van der Waals surface area contributed by atoms with Crippen molar-refractivity contribution in [1.29, 1.82) is 0 Å². The van der Waals surface area contributed by atoms with Crippen LogP contribution < -0.4 is 10.4 Å². The normalized spacial score (nSPS) is 12.2.